The van der Waals surface area contributed by atoms with E-state index in [0.717, 1.165) is 11.3 Å². The number of nitrogens with zero attached hydrogens (tertiary/aromatic N) is 2. The minimum Gasteiger partial charge on any atom is -0.491 e. The van der Waals surface area contributed by atoms with Gasteiger partial charge < -0.3 is 14.8 Å². The molecule has 0 saturated heterocycles. The summed E-state index contributed by atoms with van der Waals surface area (Å²) < 4.78 is 5.57. The fraction of sp³-hybridized carbons (Fsp3) is 0.250. The monoisotopic (exact) mass is 361 g/mol. The molecule has 8 nitrogen and oxygen atoms in total. The molecule has 9 heteroatoms. The van der Waals surface area contributed by atoms with Crippen molar-refractivity contribution in [3.05, 3.63) is 38.9 Å². The van der Waals surface area contributed by atoms with Gasteiger partial charge in [-0.05, 0) is 32.9 Å². The summed E-state index contributed by atoms with van der Waals surface area (Å²) in [7, 11) is 0. The van der Waals surface area contributed by atoms with Crippen molar-refractivity contribution < 1.29 is 19.6 Å². The Bertz CT molecular complexity index is 989. The van der Waals surface area contributed by atoms with Crippen LogP contribution in [-0.2, 0) is 0 Å². The maximum absolute atomic E-state index is 11.4. The number of aromatic amines is 1. The molecule has 3 aromatic rings. The molecule has 3 rings (SSSR count). The quantitative estimate of drug-likeness (QED) is 0.524. The summed E-state index contributed by atoms with van der Waals surface area (Å²) >= 11 is 1.02. The lowest BCUT2D eigenvalue weighted by atomic mass is 10.2. The normalized spacial score (nSPS) is 11.2. The molecule has 130 valence electrons. The average molecular weight is 361 g/mol. The Morgan fingerprint density at radius 3 is 2.68 bits per heavy atom. The van der Waals surface area contributed by atoms with Gasteiger partial charge >= 0.3 is 5.97 Å². The fourth-order valence-electron chi connectivity index (χ4n) is 2.51. The number of nitro groups is 1. The highest BCUT2D eigenvalue weighted by molar-refractivity contribution is 7.17. The number of aryl methyl sites for hydroxylation is 1. The molecule has 0 unspecified atom stereocenters. The highest BCUT2D eigenvalue weighted by Gasteiger charge is 2.21. The van der Waals surface area contributed by atoms with E-state index in [4.69, 9.17) is 9.84 Å². The fourth-order valence-corrected chi connectivity index (χ4v) is 3.38. The number of carboxylic acids is 1. The van der Waals surface area contributed by atoms with Crippen LogP contribution in [0.5, 0.6) is 5.75 Å². The third-order valence-electron chi connectivity index (χ3n) is 3.47. The second-order valence-corrected chi connectivity index (χ2v) is 6.75. The van der Waals surface area contributed by atoms with E-state index < -0.39 is 10.9 Å². The Morgan fingerprint density at radius 2 is 2.12 bits per heavy atom. The molecule has 0 saturated carbocycles. The summed E-state index contributed by atoms with van der Waals surface area (Å²) in [6.45, 7) is 5.29. The number of aromatic carboxylic acids is 1. The van der Waals surface area contributed by atoms with Crippen molar-refractivity contribution in [2.45, 2.75) is 26.9 Å². The van der Waals surface area contributed by atoms with E-state index in [1.807, 2.05) is 13.8 Å². The van der Waals surface area contributed by atoms with E-state index >= 15 is 0 Å². The van der Waals surface area contributed by atoms with Crippen LogP contribution >= 0.6 is 11.3 Å². The largest absolute Gasteiger partial charge is 0.491 e. The summed E-state index contributed by atoms with van der Waals surface area (Å²) in [4.78, 5) is 29.5. The van der Waals surface area contributed by atoms with E-state index in [-0.39, 0.29) is 16.7 Å². The first kappa shape index (κ1) is 16.9. The van der Waals surface area contributed by atoms with Crippen LogP contribution in [0.1, 0.15) is 29.2 Å². The number of nitrogens with one attached hydrogen (secondary N) is 1. The SMILES string of the molecule is Cc1nc(-c2cc3cc(OC(C)C)cc([N+](=O)[O-])c3[nH]2)sc1C(=O)O. The maximum atomic E-state index is 11.4. The number of carboxylic acid groups (broad SMARTS) is 1. The standard InChI is InChI=1S/C16H15N3O5S/c1-7(2)24-10-4-9-5-11(18-13(9)12(6-10)19(22)23)15-17-8(3)14(25-15)16(20)21/h4-7,18H,1-3H3,(H,20,21). The summed E-state index contributed by atoms with van der Waals surface area (Å²) in [6, 6.07) is 4.79. The highest BCUT2D eigenvalue weighted by Crippen LogP contribution is 2.36. The molecule has 0 spiro atoms. The Hall–Kier alpha value is -2.94. The van der Waals surface area contributed by atoms with Crippen molar-refractivity contribution in [1.82, 2.24) is 9.97 Å². The number of aromatic nitrogens is 2. The van der Waals surface area contributed by atoms with Crippen LogP contribution in [0.3, 0.4) is 0 Å². The number of non-ortho nitro benzene ring substituents is 1. The summed E-state index contributed by atoms with van der Waals surface area (Å²) in [6.07, 6.45) is -0.116. The first-order valence-corrected chi connectivity index (χ1v) is 8.27. The molecule has 2 N–H and O–H groups in total. The lowest BCUT2D eigenvalue weighted by Crippen LogP contribution is -2.05. The van der Waals surface area contributed by atoms with Gasteiger partial charge in [0.05, 0.1) is 28.5 Å². The topological polar surface area (TPSA) is 118 Å². The Labute approximate surface area is 146 Å². The van der Waals surface area contributed by atoms with E-state index in [2.05, 4.69) is 9.97 Å². The zero-order valence-corrected chi connectivity index (χ0v) is 14.5. The van der Waals surface area contributed by atoms with Crippen molar-refractivity contribution in [3.8, 4) is 16.5 Å². The van der Waals surface area contributed by atoms with Crippen LogP contribution in [-0.4, -0.2) is 32.1 Å². The van der Waals surface area contributed by atoms with E-state index in [0.29, 0.717) is 33.0 Å². The predicted molar refractivity (Wildman–Crippen MR) is 93.5 cm³/mol. The van der Waals surface area contributed by atoms with Crippen molar-refractivity contribution >= 4 is 33.9 Å². The minimum atomic E-state index is -1.05. The predicted octanol–water partition coefficient (Wildman–Crippen LogP) is 3.99. The number of fused-ring (bicyclic) bond motifs is 1. The van der Waals surface area contributed by atoms with Gasteiger partial charge in [0.15, 0.2) is 0 Å². The molecular weight excluding hydrogens is 346 g/mol. The van der Waals surface area contributed by atoms with Crippen molar-refractivity contribution in [3.63, 3.8) is 0 Å². The lowest BCUT2D eigenvalue weighted by Gasteiger charge is -2.09. The molecule has 1 aromatic carbocycles. The van der Waals surface area contributed by atoms with Gasteiger partial charge in [-0.25, -0.2) is 9.78 Å². The third-order valence-corrected chi connectivity index (χ3v) is 4.65. The lowest BCUT2D eigenvalue weighted by molar-refractivity contribution is -0.383. The first-order chi connectivity index (χ1) is 11.8. The number of nitro benzene ring substituents is 1. The second kappa shape index (κ2) is 6.17. The molecule has 0 amide bonds. The first-order valence-electron chi connectivity index (χ1n) is 7.45. The molecule has 0 aliphatic heterocycles. The molecule has 25 heavy (non-hydrogen) atoms. The summed E-state index contributed by atoms with van der Waals surface area (Å²) in [5.41, 5.74) is 1.18. The van der Waals surface area contributed by atoms with Gasteiger partial charge in [-0.2, -0.15) is 0 Å². The zero-order valence-electron chi connectivity index (χ0n) is 13.7. The Kier molecular flexibility index (Phi) is 4.17. The number of ether oxygens (including phenoxy) is 1. The van der Waals surface area contributed by atoms with Gasteiger partial charge in [0.1, 0.15) is 21.2 Å². The molecule has 0 fully saturated rings. The summed E-state index contributed by atoms with van der Waals surface area (Å²) in [5.74, 6) is -0.641. The molecule has 0 aliphatic rings. The van der Waals surface area contributed by atoms with Crippen LogP contribution in [0.2, 0.25) is 0 Å². The van der Waals surface area contributed by atoms with Crippen molar-refractivity contribution in [1.29, 1.82) is 0 Å². The van der Waals surface area contributed by atoms with Gasteiger partial charge in [-0.1, -0.05) is 0 Å². The van der Waals surface area contributed by atoms with Crippen molar-refractivity contribution in [2.24, 2.45) is 0 Å². The number of H-pyrrole nitrogens is 1. The van der Waals surface area contributed by atoms with Crippen LogP contribution in [0.15, 0.2) is 18.2 Å². The van der Waals surface area contributed by atoms with Gasteiger partial charge in [-0.3, -0.25) is 10.1 Å². The number of thiazole rings is 1. The Morgan fingerprint density at radius 1 is 1.40 bits per heavy atom. The van der Waals surface area contributed by atoms with Gasteiger partial charge in [-0.15, -0.1) is 11.3 Å². The molecule has 0 atom stereocenters. The maximum Gasteiger partial charge on any atom is 0.347 e. The smallest absolute Gasteiger partial charge is 0.347 e. The van der Waals surface area contributed by atoms with Crippen LogP contribution in [0, 0.1) is 17.0 Å². The van der Waals surface area contributed by atoms with Gasteiger partial charge in [0.25, 0.3) is 5.69 Å². The molecule has 2 aromatic heterocycles. The number of hydrogen-bond acceptors (Lipinski definition) is 6. The number of rotatable bonds is 5. The minimum absolute atomic E-state index is 0.105. The number of carbonyl (C=O) groups is 1. The third kappa shape index (κ3) is 3.18. The zero-order chi connectivity index (χ0) is 18.3. The number of benzene rings is 1. The van der Waals surface area contributed by atoms with Crippen LogP contribution in [0.25, 0.3) is 21.6 Å². The van der Waals surface area contributed by atoms with E-state index in [9.17, 15) is 14.9 Å². The van der Waals surface area contributed by atoms with E-state index in [1.165, 1.54) is 6.07 Å². The molecule has 0 bridgehead atoms. The highest BCUT2D eigenvalue weighted by atomic mass is 32.1. The number of hydrogen-bond donors (Lipinski definition) is 2. The van der Waals surface area contributed by atoms with E-state index in [1.54, 1.807) is 19.1 Å². The molecule has 0 radical (unpaired) electrons. The molecular formula is C16H15N3O5S. The van der Waals surface area contributed by atoms with Gasteiger partial charge in [0, 0.05) is 5.39 Å². The average Bonchev–Trinajstić information content (AvgIpc) is 3.08. The van der Waals surface area contributed by atoms with Gasteiger partial charge in [0.2, 0.25) is 0 Å². The molecule has 0 aliphatic carbocycles. The Balaban J connectivity index is 2.16. The van der Waals surface area contributed by atoms with Crippen molar-refractivity contribution in [2.75, 3.05) is 0 Å². The van der Waals surface area contributed by atoms with Crippen LogP contribution in [0.4, 0.5) is 5.69 Å². The summed E-state index contributed by atoms with van der Waals surface area (Å²) in [5, 5.41) is 21.6. The van der Waals surface area contributed by atoms with Crippen LogP contribution < -0.4 is 4.74 Å². The second-order valence-electron chi connectivity index (χ2n) is 5.75. The molecule has 2 heterocycles.